The van der Waals surface area contributed by atoms with Crippen molar-refractivity contribution in [2.75, 3.05) is 19.8 Å². The third kappa shape index (κ3) is 6.12. The van der Waals surface area contributed by atoms with Gasteiger partial charge in [0.25, 0.3) is 5.92 Å². The lowest BCUT2D eigenvalue weighted by Crippen LogP contribution is -2.25. The van der Waals surface area contributed by atoms with Gasteiger partial charge in [-0.3, -0.25) is 4.98 Å². The summed E-state index contributed by atoms with van der Waals surface area (Å²) in [6, 6.07) is 9.93. The zero-order valence-electron chi connectivity index (χ0n) is 15.7. The van der Waals surface area contributed by atoms with E-state index in [0.29, 0.717) is 6.42 Å². The number of nitrogens with two attached hydrogens (primary N) is 1. The molecule has 146 valence electrons. The number of ether oxygens (including phenoxy) is 1. The fourth-order valence-corrected chi connectivity index (χ4v) is 2.69. The number of nitrogens with zero attached hydrogens (tertiary/aromatic N) is 1. The van der Waals surface area contributed by atoms with Crippen molar-refractivity contribution < 1.29 is 18.6 Å². The Morgan fingerprint density at radius 1 is 1.26 bits per heavy atom. The Morgan fingerprint density at radius 2 is 1.96 bits per heavy atom. The molecule has 0 saturated heterocycles. The molecular formula is C21H26F2N2O2. The molecule has 3 N–H and O–H groups in total. The lowest BCUT2D eigenvalue weighted by atomic mass is 9.99. The Labute approximate surface area is 158 Å². The monoisotopic (exact) mass is 376 g/mol. The van der Waals surface area contributed by atoms with Gasteiger partial charge in [0.1, 0.15) is 6.61 Å². The molecule has 0 amide bonds. The standard InChI is InChI=1S/C21H26F2N2O2/c1-15(12-24)20-11-19(13-25-16(20)2)18-5-3-17(4-6-18)7-10-27-14-21(22,23)8-9-26/h3-6,11-13,26H,7-10,14,24H2,1-2H3/b15-12-. The van der Waals surface area contributed by atoms with E-state index in [4.69, 9.17) is 15.6 Å². The number of benzene rings is 1. The Morgan fingerprint density at radius 3 is 2.59 bits per heavy atom. The molecule has 0 unspecified atom stereocenters. The van der Waals surface area contributed by atoms with Gasteiger partial charge in [0, 0.05) is 36.0 Å². The van der Waals surface area contributed by atoms with Gasteiger partial charge >= 0.3 is 0 Å². The molecule has 0 aliphatic rings. The van der Waals surface area contributed by atoms with Crippen molar-refractivity contribution in [3.8, 4) is 11.1 Å². The van der Waals surface area contributed by atoms with Crippen LogP contribution in [0.5, 0.6) is 0 Å². The van der Waals surface area contributed by atoms with Gasteiger partial charge in [0.05, 0.1) is 6.61 Å². The Kier molecular flexibility index (Phi) is 7.45. The molecule has 4 nitrogen and oxygen atoms in total. The van der Waals surface area contributed by atoms with E-state index in [2.05, 4.69) is 11.1 Å². The van der Waals surface area contributed by atoms with Crippen molar-refractivity contribution >= 4 is 5.57 Å². The number of allylic oxidation sites excluding steroid dienone is 1. The molecule has 1 aromatic carbocycles. The molecule has 1 aromatic heterocycles. The van der Waals surface area contributed by atoms with Gasteiger partial charge in [-0.05, 0) is 49.2 Å². The average Bonchev–Trinajstić information content (AvgIpc) is 2.65. The Balaban J connectivity index is 1.97. The van der Waals surface area contributed by atoms with Gasteiger partial charge in [0.15, 0.2) is 0 Å². The van der Waals surface area contributed by atoms with E-state index in [1.165, 1.54) is 0 Å². The van der Waals surface area contributed by atoms with Crippen LogP contribution in [-0.2, 0) is 11.2 Å². The summed E-state index contributed by atoms with van der Waals surface area (Å²) in [5.74, 6) is -2.98. The van der Waals surface area contributed by atoms with Gasteiger partial charge in [-0.15, -0.1) is 0 Å². The molecule has 1 heterocycles. The Bertz CT molecular complexity index is 774. The van der Waals surface area contributed by atoms with Gasteiger partial charge in [0.2, 0.25) is 0 Å². The third-order valence-electron chi connectivity index (χ3n) is 4.37. The summed E-state index contributed by atoms with van der Waals surface area (Å²) in [4.78, 5) is 4.44. The van der Waals surface area contributed by atoms with Crippen molar-refractivity contribution in [3.05, 3.63) is 59.5 Å². The maximum Gasteiger partial charge on any atom is 0.273 e. The zero-order valence-corrected chi connectivity index (χ0v) is 15.7. The molecule has 0 bridgehead atoms. The predicted octanol–water partition coefficient (Wildman–Crippen LogP) is 3.95. The summed E-state index contributed by atoms with van der Waals surface area (Å²) in [5, 5.41) is 8.58. The molecule has 0 aliphatic carbocycles. The maximum atomic E-state index is 13.2. The van der Waals surface area contributed by atoms with Gasteiger partial charge in [-0.2, -0.15) is 0 Å². The molecule has 2 rings (SSSR count). The second-order valence-corrected chi connectivity index (χ2v) is 6.54. The topological polar surface area (TPSA) is 68.4 Å². The van der Waals surface area contributed by atoms with E-state index < -0.39 is 25.6 Å². The van der Waals surface area contributed by atoms with Crippen LogP contribution >= 0.6 is 0 Å². The van der Waals surface area contributed by atoms with Crippen LogP contribution in [0.4, 0.5) is 8.78 Å². The number of aryl methyl sites for hydroxylation is 1. The SMILES string of the molecule is C/C(=C/N)c1cc(-c2ccc(CCOCC(F)(F)CCO)cc2)cnc1C. The molecular weight excluding hydrogens is 350 g/mol. The smallest absolute Gasteiger partial charge is 0.273 e. The minimum absolute atomic E-state index is 0.205. The largest absolute Gasteiger partial charge is 0.404 e. The molecule has 0 fully saturated rings. The minimum atomic E-state index is -2.98. The highest BCUT2D eigenvalue weighted by Gasteiger charge is 2.28. The normalized spacial score (nSPS) is 12.4. The van der Waals surface area contributed by atoms with Crippen molar-refractivity contribution in [2.24, 2.45) is 5.73 Å². The third-order valence-corrected chi connectivity index (χ3v) is 4.37. The number of alkyl halides is 2. The first kappa shape index (κ1) is 21.0. The second kappa shape index (κ2) is 9.58. The lowest BCUT2D eigenvalue weighted by molar-refractivity contribution is -0.0885. The zero-order chi connectivity index (χ0) is 19.9. The quantitative estimate of drug-likeness (QED) is 0.650. The van der Waals surface area contributed by atoms with Crippen molar-refractivity contribution in [2.45, 2.75) is 32.6 Å². The molecule has 0 radical (unpaired) electrons. The second-order valence-electron chi connectivity index (χ2n) is 6.54. The van der Waals surface area contributed by atoms with Crippen molar-refractivity contribution in [3.63, 3.8) is 0 Å². The van der Waals surface area contributed by atoms with E-state index in [0.717, 1.165) is 33.5 Å². The number of pyridine rings is 1. The molecule has 0 aliphatic heterocycles. The fraction of sp³-hybridized carbons (Fsp3) is 0.381. The molecule has 0 spiro atoms. The summed E-state index contributed by atoms with van der Waals surface area (Å²) in [6.45, 7) is 2.88. The number of hydrogen-bond acceptors (Lipinski definition) is 4. The number of aliphatic hydroxyl groups is 1. The summed E-state index contributed by atoms with van der Waals surface area (Å²) < 4.78 is 31.5. The van der Waals surface area contributed by atoms with Crippen LogP contribution < -0.4 is 5.73 Å². The highest BCUT2D eigenvalue weighted by atomic mass is 19.3. The van der Waals surface area contributed by atoms with Crippen LogP contribution in [-0.4, -0.2) is 35.8 Å². The van der Waals surface area contributed by atoms with Crippen LogP contribution in [0.2, 0.25) is 0 Å². The number of aliphatic hydroxyl groups excluding tert-OH is 1. The highest BCUT2D eigenvalue weighted by molar-refractivity contribution is 5.72. The molecule has 6 heteroatoms. The van der Waals surface area contributed by atoms with Crippen LogP contribution in [0.3, 0.4) is 0 Å². The van der Waals surface area contributed by atoms with Crippen molar-refractivity contribution in [1.82, 2.24) is 4.98 Å². The van der Waals surface area contributed by atoms with Gasteiger partial charge < -0.3 is 15.6 Å². The number of halogens is 2. The van der Waals surface area contributed by atoms with Gasteiger partial charge in [-0.25, -0.2) is 8.78 Å². The van der Waals surface area contributed by atoms with Crippen LogP contribution in [0.15, 0.2) is 42.7 Å². The molecule has 27 heavy (non-hydrogen) atoms. The molecule has 0 saturated carbocycles. The van der Waals surface area contributed by atoms with Gasteiger partial charge in [-0.1, -0.05) is 24.3 Å². The first-order valence-corrected chi connectivity index (χ1v) is 8.87. The average molecular weight is 376 g/mol. The number of aromatic nitrogens is 1. The predicted molar refractivity (Wildman–Crippen MR) is 103 cm³/mol. The number of hydrogen-bond donors (Lipinski definition) is 2. The first-order valence-electron chi connectivity index (χ1n) is 8.87. The molecule has 0 atom stereocenters. The minimum Gasteiger partial charge on any atom is -0.404 e. The lowest BCUT2D eigenvalue weighted by Gasteiger charge is -2.15. The molecule has 2 aromatic rings. The van der Waals surface area contributed by atoms with E-state index in [-0.39, 0.29) is 6.61 Å². The fourth-order valence-electron chi connectivity index (χ4n) is 2.69. The summed E-state index contributed by atoms with van der Waals surface area (Å²) >= 11 is 0. The first-order chi connectivity index (χ1) is 12.9. The van der Waals surface area contributed by atoms with Crippen molar-refractivity contribution in [1.29, 1.82) is 0 Å². The summed E-state index contributed by atoms with van der Waals surface area (Å²) in [7, 11) is 0. The van der Waals surface area contributed by atoms with Crippen LogP contribution in [0.25, 0.3) is 16.7 Å². The van der Waals surface area contributed by atoms with Crippen LogP contribution in [0.1, 0.15) is 30.2 Å². The van der Waals surface area contributed by atoms with E-state index >= 15 is 0 Å². The van der Waals surface area contributed by atoms with E-state index in [1.54, 1.807) is 6.20 Å². The van der Waals surface area contributed by atoms with E-state index in [1.807, 2.05) is 44.3 Å². The van der Waals surface area contributed by atoms with E-state index in [9.17, 15) is 8.78 Å². The highest BCUT2D eigenvalue weighted by Crippen LogP contribution is 2.25. The summed E-state index contributed by atoms with van der Waals surface area (Å²) in [5.41, 5.74) is 11.5. The number of rotatable bonds is 9. The maximum absolute atomic E-state index is 13.2. The Hall–Kier alpha value is -2.31. The summed E-state index contributed by atoms with van der Waals surface area (Å²) in [6.07, 6.45) is 3.36. The van der Waals surface area contributed by atoms with Crippen LogP contribution in [0, 0.1) is 6.92 Å².